The van der Waals surface area contributed by atoms with Crippen LogP contribution in [0.3, 0.4) is 0 Å². The molecule has 17 nitrogen and oxygen atoms in total. The normalized spacial score (nSPS) is 12.8. The van der Waals surface area contributed by atoms with Crippen molar-refractivity contribution < 1.29 is 80.2 Å². The Balaban J connectivity index is 4.50. The van der Waals surface area contributed by atoms with Crippen molar-refractivity contribution in [2.75, 3.05) is 73.9 Å². The van der Waals surface area contributed by atoms with Gasteiger partial charge in [-0.25, -0.2) is 0 Å². The van der Waals surface area contributed by atoms with Gasteiger partial charge < -0.3 is 46.8 Å². The molecule has 2 atom stereocenters. The molecule has 0 aromatic carbocycles. The lowest BCUT2D eigenvalue weighted by Crippen LogP contribution is -2.37. The number of carbonyl (C=O) groups excluding carboxylic acids is 6. The largest absolute Gasteiger partial charge is 0.756 e. The van der Waals surface area contributed by atoms with Gasteiger partial charge in [-0.05, 0) is 51.4 Å². The number of ether oxygens (including phenoxy) is 6. The molecular weight excluding hydrogens is 853 g/mol. The molecule has 64 heavy (non-hydrogen) atoms. The minimum Gasteiger partial charge on any atom is -0.756 e. The van der Waals surface area contributed by atoms with Gasteiger partial charge in [-0.1, -0.05) is 90.9 Å². The molecule has 0 radical (unpaired) electrons. The summed E-state index contributed by atoms with van der Waals surface area (Å²) in [5.74, 6) is -2.97. The number of quaternary nitrogens is 1. The number of phosphoric acid groups is 1. The second-order valence-electron chi connectivity index (χ2n) is 17.1. The highest BCUT2D eigenvalue weighted by atomic mass is 31.2. The van der Waals surface area contributed by atoms with E-state index in [2.05, 4.69) is 13.8 Å². The van der Waals surface area contributed by atoms with E-state index in [0.717, 1.165) is 38.5 Å². The van der Waals surface area contributed by atoms with E-state index in [-0.39, 0.29) is 83.1 Å². The van der Waals surface area contributed by atoms with Gasteiger partial charge in [0, 0.05) is 38.5 Å². The van der Waals surface area contributed by atoms with Crippen LogP contribution in [0, 0.1) is 0 Å². The molecular formula is C46H84NO16P. The van der Waals surface area contributed by atoms with Gasteiger partial charge in [-0.2, -0.15) is 0 Å². The van der Waals surface area contributed by atoms with Crippen molar-refractivity contribution >= 4 is 43.6 Å². The number of unbranched alkanes of at least 4 members (excludes halogenated alkanes) is 14. The third-order valence-corrected chi connectivity index (χ3v) is 10.7. The van der Waals surface area contributed by atoms with Gasteiger partial charge in [0.1, 0.15) is 19.8 Å². The van der Waals surface area contributed by atoms with E-state index in [4.69, 9.17) is 37.5 Å². The Morgan fingerprint density at radius 2 is 0.766 bits per heavy atom. The topological polar surface area (TPSA) is 216 Å². The Kier molecular flexibility index (Phi) is 38.2. The maximum absolute atomic E-state index is 12.6. The van der Waals surface area contributed by atoms with Crippen molar-refractivity contribution in [1.29, 1.82) is 0 Å². The summed E-state index contributed by atoms with van der Waals surface area (Å²) in [5.41, 5.74) is 0. The molecule has 0 aromatic heterocycles. The molecule has 0 amide bonds. The van der Waals surface area contributed by atoms with E-state index in [9.17, 15) is 38.2 Å². The zero-order valence-electron chi connectivity index (χ0n) is 40.0. The number of hydrogen-bond acceptors (Lipinski definition) is 16. The molecule has 0 heterocycles. The summed E-state index contributed by atoms with van der Waals surface area (Å²) in [6.07, 6.45) is 17.0. The quantitative estimate of drug-likeness (QED) is 0.0186. The first-order valence-corrected chi connectivity index (χ1v) is 25.4. The van der Waals surface area contributed by atoms with Crippen LogP contribution in [0.5, 0.6) is 0 Å². The zero-order valence-corrected chi connectivity index (χ0v) is 40.9. The van der Waals surface area contributed by atoms with Crippen molar-refractivity contribution in [3.8, 4) is 0 Å². The lowest BCUT2D eigenvalue weighted by Gasteiger charge is -2.28. The first-order chi connectivity index (χ1) is 30.6. The van der Waals surface area contributed by atoms with Crippen LogP contribution in [0.2, 0.25) is 0 Å². The second-order valence-corrected chi connectivity index (χ2v) is 18.5. The standard InChI is InChI=1S/C46H84NO16P/c1-6-8-10-12-14-16-22-33-56-41(48)26-18-20-28-43(50)58-35-24-30-45(52)60-38-40(39-62-64(54,55)61-37-32-47(3,4)5)63-46(53)31-25-36-59-44(51)29-21-19-27-42(49)57-34-23-17-15-13-11-9-7-2/h40H,6-39H2,1-5H3/t40-/m1/s1. The van der Waals surface area contributed by atoms with Gasteiger partial charge >= 0.3 is 35.8 Å². The summed E-state index contributed by atoms with van der Waals surface area (Å²) in [4.78, 5) is 85.6. The maximum atomic E-state index is 12.6. The van der Waals surface area contributed by atoms with E-state index >= 15 is 0 Å². The molecule has 1 unspecified atom stereocenters. The number of phosphoric ester groups is 1. The van der Waals surface area contributed by atoms with E-state index in [1.165, 1.54) is 51.4 Å². The van der Waals surface area contributed by atoms with E-state index in [0.29, 0.717) is 49.9 Å². The molecule has 0 bridgehead atoms. The van der Waals surface area contributed by atoms with E-state index in [1.807, 2.05) is 21.1 Å². The van der Waals surface area contributed by atoms with Crippen molar-refractivity contribution in [2.24, 2.45) is 0 Å². The highest BCUT2D eigenvalue weighted by molar-refractivity contribution is 7.45. The lowest BCUT2D eigenvalue weighted by atomic mass is 10.1. The van der Waals surface area contributed by atoms with Crippen LogP contribution in [0.4, 0.5) is 0 Å². The molecule has 0 aliphatic carbocycles. The van der Waals surface area contributed by atoms with Crippen molar-refractivity contribution in [3.05, 3.63) is 0 Å². The van der Waals surface area contributed by atoms with Crippen LogP contribution in [-0.2, 0) is 70.8 Å². The molecule has 0 saturated heterocycles. The average molecular weight is 938 g/mol. The number of hydrogen-bond donors (Lipinski definition) is 0. The van der Waals surface area contributed by atoms with E-state index in [1.54, 1.807) is 0 Å². The van der Waals surface area contributed by atoms with E-state index < -0.39 is 51.0 Å². The first kappa shape index (κ1) is 60.9. The monoisotopic (exact) mass is 938 g/mol. The Hall–Kier alpha value is -3.11. The highest BCUT2D eigenvalue weighted by Gasteiger charge is 2.22. The van der Waals surface area contributed by atoms with Gasteiger partial charge in [0.2, 0.25) is 0 Å². The molecule has 0 aliphatic rings. The summed E-state index contributed by atoms with van der Waals surface area (Å²) in [6, 6.07) is 0. The number of carbonyl (C=O) groups is 6. The Labute approximate surface area is 383 Å². The summed E-state index contributed by atoms with van der Waals surface area (Å²) >= 11 is 0. The lowest BCUT2D eigenvalue weighted by molar-refractivity contribution is -0.870. The fraction of sp³-hybridized carbons (Fsp3) is 0.870. The number of likely N-dealkylation sites (N-methyl/N-ethyl adjacent to an activating group) is 1. The molecule has 0 saturated carbocycles. The SMILES string of the molecule is CCCCCCCCCOC(=O)CCCCC(=O)OCCCC(=O)OC[C@H](COP(=O)([O-])OCC[N+](C)(C)C)OC(=O)CCCOC(=O)CCCCC(=O)OCCCCCCCCC. The summed E-state index contributed by atoms with van der Waals surface area (Å²) in [5, 5.41) is 0. The smallest absolute Gasteiger partial charge is 0.306 e. The predicted molar refractivity (Wildman–Crippen MR) is 238 cm³/mol. The fourth-order valence-corrected chi connectivity index (χ4v) is 6.65. The summed E-state index contributed by atoms with van der Waals surface area (Å²) in [7, 11) is 0.776. The first-order valence-electron chi connectivity index (χ1n) is 23.9. The fourth-order valence-electron chi connectivity index (χ4n) is 5.92. The van der Waals surface area contributed by atoms with Crippen LogP contribution in [0.25, 0.3) is 0 Å². The molecule has 374 valence electrons. The van der Waals surface area contributed by atoms with Crippen LogP contribution >= 0.6 is 7.82 Å². The number of esters is 6. The molecule has 0 spiro atoms. The minimum absolute atomic E-state index is 0.0431. The average Bonchev–Trinajstić information content (AvgIpc) is 3.23. The van der Waals surface area contributed by atoms with Crippen molar-refractivity contribution in [2.45, 2.75) is 187 Å². The van der Waals surface area contributed by atoms with Gasteiger partial charge in [0.15, 0.2) is 6.10 Å². The molecule has 0 N–H and O–H groups in total. The Morgan fingerprint density at radius 3 is 1.17 bits per heavy atom. The van der Waals surface area contributed by atoms with Gasteiger partial charge in [-0.3, -0.25) is 33.3 Å². The van der Waals surface area contributed by atoms with Gasteiger partial charge in [0.25, 0.3) is 7.82 Å². The zero-order chi connectivity index (χ0) is 47.7. The highest BCUT2D eigenvalue weighted by Crippen LogP contribution is 2.38. The van der Waals surface area contributed by atoms with Crippen LogP contribution in [0.15, 0.2) is 0 Å². The number of nitrogens with zero attached hydrogens (tertiary/aromatic N) is 1. The molecule has 0 rings (SSSR count). The van der Waals surface area contributed by atoms with Crippen LogP contribution in [-0.4, -0.2) is 120 Å². The van der Waals surface area contributed by atoms with Gasteiger partial charge in [-0.15, -0.1) is 0 Å². The predicted octanol–water partition coefficient (Wildman–Crippen LogP) is 8.00. The Bertz CT molecular complexity index is 1310. The van der Waals surface area contributed by atoms with Crippen LogP contribution in [0.1, 0.15) is 181 Å². The minimum atomic E-state index is -4.79. The summed E-state index contributed by atoms with van der Waals surface area (Å²) in [6.45, 7) is 4.09. The Morgan fingerprint density at radius 1 is 0.422 bits per heavy atom. The van der Waals surface area contributed by atoms with Gasteiger partial charge in [0.05, 0.1) is 54.2 Å². The molecule has 0 aromatic rings. The van der Waals surface area contributed by atoms with Crippen molar-refractivity contribution in [3.63, 3.8) is 0 Å². The number of rotatable bonds is 44. The maximum Gasteiger partial charge on any atom is 0.306 e. The van der Waals surface area contributed by atoms with Crippen LogP contribution < -0.4 is 4.89 Å². The summed E-state index contributed by atoms with van der Waals surface area (Å²) < 4.78 is 54.1. The third kappa shape index (κ3) is 42.8. The second kappa shape index (κ2) is 40.2. The third-order valence-electron chi connectivity index (χ3n) is 9.78. The molecule has 18 heteroatoms. The van der Waals surface area contributed by atoms with Crippen molar-refractivity contribution in [1.82, 2.24) is 0 Å². The molecule has 0 aliphatic heterocycles. The molecule has 0 fully saturated rings.